The first-order valence-electron chi connectivity index (χ1n) is 7.00. The summed E-state index contributed by atoms with van der Waals surface area (Å²) >= 11 is 0. The van der Waals surface area contributed by atoms with Crippen molar-refractivity contribution in [2.24, 2.45) is 5.92 Å². The Kier molecular flexibility index (Phi) is 3.96. The maximum atomic E-state index is 10.9. The molecular formula is C16H24O2. The summed E-state index contributed by atoms with van der Waals surface area (Å²) < 4.78 is 5.83. The SMILES string of the molecule is CC1CCC(O)(c2ccccc2OC(C)C)CC1. The average molecular weight is 248 g/mol. The number of ether oxygens (including phenoxy) is 1. The van der Waals surface area contributed by atoms with Gasteiger partial charge in [0.05, 0.1) is 11.7 Å². The van der Waals surface area contributed by atoms with Crippen molar-refractivity contribution in [3.63, 3.8) is 0 Å². The van der Waals surface area contributed by atoms with E-state index in [4.69, 9.17) is 4.74 Å². The van der Waals surface area contributed by atoms with Gasteiger partial charge in [0, 0.05) is 5.56 Å². The van der Waals surface area contributed by atoms with Crippen LogP contribution in [-0.2, 0) is 5.60 Å². The number of hydrogen-bond donors (Lipinski definition) is 1. The second kappa shape index (κ2) is 5.31. The molecule has 0 heterocycles. The van der Waals surface area contributed by atoms with E-state index in [0.717, 1.165) is 42.9 Å². The molecule has 2 heteroatoms. The van der Waals surface area contributed by atoms with E-state index in [9.17, 15) is 5.11 Å². The predicted octanol–water partition coefficient (Wildman–Crippen LogP) is 3.87. The molecule has 0 amide bonds. The topological polar surface area (TPSA) is 29.5 Å². The largest absolute Gasteiger partial charge is 0.491 e. The van der Waals surface area contributed by atoms with Crippen LogP contribution in [0.5, 0.6) is 5.75 Å². The third-order valence-electron chi connectivity index (χ3n) is 3.85. The first-order valence-corrected chi connectivity index (χ1v) is 7.00. The van der Waals surface area contributed by atoms with Crippen molar-refractivity contribution in [3.8, 4) is 5.75 Å². The van der Waals surface area contributed by atoms with Crippen LogP contribution in [0.4, 0.5) is 0 Å². The van der Waals surface area contributed by atoms with Crippen LogP contribution < -0.4 is 4.74 Å². The summed E-state index contributed by atoms with van der Waals surface area (Å²) in [5.74, 6) is 1.56. The van der Waals surface area contributed by atoms with E-state index in [1.807, 2.05) is 38.1 Å². The molecule has 0 radical (unpaired) electrons. The van der Waals surface area contributed by atoms with Crippen LogP contribution in [0, 0.1) is 5.92 Å². The highest BCUT2D eigenvalue weighted by molar-refractivity contribution is 5.38. The van der Waals surface area contributed by atoms with Gasteiger partial charge in [0.15, 0.2) is 0 Å². The summed E-state index contributed by atoms with van der Waals surface area (Å²) in [4.78, 5) is 0. The van der Waals surface area contributed by atoms with Gasteiger partial charge >= 0.3 is 0 Å². The van der Waals surface area contributed by atoms with Crippen LogP contribution in [0.15, 0.2) is 24.3 Å². The lowest BCUT2D eigenvalue weighted by Crippen LogP contribution is -2.31. The number of para-hydroxylation sites is 1. The van der Waals surface area contributed by atoms with E-state index in [0.29, 0.717) is 0 Å². The van der Waals surface area contributed by atoms with Gasteiger partial charge in [0.25, 0.3) is 0 Å². The molecule has 18 heavy (non-hydrogen) atoms. The molecule has 0 spiro atoms. The van der Waals surface area contributed by atoms with Gasteiger partial charge in [-0.25, -0.2) is 0 Å². The average Bonchev–Trinajstić information content (AvgIpc) is 2.33. The summed E-state index contributed by atoms with van der Waals surface area (Å²) in [6, 6.07) is 7.92. The molecular weight excluding hydrogens is 224 g/mol. The van der Waals surface area contributed by atoms with E-state index in [1.54, 1.807) is 0 Å². The van der Waals surface area contributed by atoms with Crippen molar-refractivity contribution in [3.05, 3.63) is 29.8 Å². The molecule has 0 atom stereocenters. The van der Waals surface area contributed by atoms with Gasteiger partial charge in [-0.2, -0.15) is 0 Å². The maximum absolute atomic E-state index is 10.9. The quantitative estimate of drug-likeness (QED) is 0.879. The molecule has 1 N–H and O–H groups in total. The van der Waals surface area contributed by atoms with Gasteiger partial charge in [-0.1, -0.05) is 25.1 Å². The number of benzene rings is 1. The zero-order chi connectivity index (χ0) is 13.2. The van der Waals surface area contributed by atoms with Gasteiger partial charge in [-0.3, -0.25) is 0 Å². The lowest BCUT2D eigenvalue weighted by atomic mass is 9.75. The molecule has 0 bridgehead atoms. The van der Waals surface area contributed by atoms with Crippen molar-refractivity contribution in [1.82, 2.24) is 0 Å². The fraction of sp³-hybridized carbons (Fsp3) is 0.625. The van der Waals surface area contributed by atoms with Gasteiger partial charge in [0.2, 0.25) is 0 Å². The summed E-state index contributed by atoms with van der Waals surface area (Å²) in [6.45, 7) is 6.30. The minimum absolute atomic E-state index is 0.136. The molecule has 2 nitrogen and oxygen atoms in total. The van der Waals surface area contributed by atoms with Crippen LogP contribution in [-0.4, -0.2) is 11.2 Å². The molecule has 2 rings (SSSR count). The highest BCUT2D eigenvalue weighted by Gasteiger charge is 2.35. The Morgan fingerprint density at radius 3 is 2.44 bits per heavy atom. The van der Waals surface area contributed by atoms with Crippen molar-refractivity contribution >= 4 is 0 Å². The summed E-state index contributed by atoms with van der Waals surface area (Å²) in [5, 5.41) is 10.9. The van der Waals surface area contributed by atoms with Crippen molar-refractivity contribution in [2.45, 2.75) is 58.2 Å². The number of rotatable bonds is 3. The van der Waals surface area contributed by atoms with Gasteiger partial charge in [-0.15, -0.1) is 0 Å². The van der Waals surface area contributed by atoms with Crippen molar-refractivity contribution < 1.29 is 9.84 Å². The van der Waals surface area contributed by atoms with Gasteiger partial charge < -0.3 is 9.84 Å². The molecule has 0 aliphatic heterocycles. The monoisotopic (exact) mass is 248 g/mol. The Hall–Kier alpha value is -1.02. The lowest BCUT2D eigenvalue weighted by Gasteiger charge is -2.36. The van der Waals surface area contributed by atoms with Crippen LogP contribution >= 0.6 is 0 Å². The van der Waals surface area contributed by atoms with E-state index >= 15 is 0 Å². The van der Waals surface area contributed by atoms with E-state index in [1.165, 1.54) is 0 Å². The molecule has 1 saturated carbocycles. The first-order chi connectivity index (χ1) is 8.51. The summed E-state index contributed by atoms with van der Waals surface area (Å²) in [5.41, 5.74) is 0.267. The van der Waals surface area contributed by atoms with Crippen molar-refractivity contribution in [1.29, 1.82) is 0 Å². The molecule has 1 aliphatic rings. The van der Waals surface area contributed by atoms with E-state index in [-0.39, 0.29) is 6.10 Å². The van der Waals surface area contributed by atoms with E-state index in [2.05, 4.69) is 6.92 Å². The minimum Gasteiger partial charge on any atom is -0.491 e. The number of aliphatic hydroxyl groups is 1. The van der Waals surface area contributed by atoms with Crippen LogP contribution in [0.25, 0.3) is 0 Å². The minimum atomic E-state index is -0.696. The standard InChI is InChI=1S/C16H24O2/c1-12(2)18-15-7-5-4-6-14(15)16(17)10-8-13(3)9-11-16/h4-7,12-13,17H,8-11H2,1-3H3. The second-order valence-corrected chi connectivity index (χ2v) is 5.88. The molecule has 1 aromatic rings. The zero-order valence-electron chi connectivity index (χ0n) is 11.6. The molecule has 1 aromatic carbocycles. The van der Waals surface area contributed by atoms with E-state index < -0.39 is 5.60 Å². The third kappa shape index (κ3) is 2.86. The van der Waals surface area contributed by atoms with Gasteiger partial charge in [-0.05, 0) is 51.5 Å². The predicted molar refractivity (Wildman–Crippen MR) is 73.7 cm³/mol. The summed E-state index contributed by atoms with van der Waals surface area (Å²) in [6.07, 6.45) is 4.00. The lowest BCUT2D eigenvalue weighted by molar-refractivity contribution is -0.0147. The smallest absolute Gasteiger partial charge is 0.125 e. The fourth-order valence-electron chi connectivity index (χ4n) is 2.72. The molecule has 1 fully saturated rings. The van der Waals surface area contributed by atoms with Crippen LogP contribution in [0.2, 0.25) is 0 Å². The van der Waals surface area contributed by atoms with Crippen LogP contribution in [0.3, 0.4) is 0 Å². The zero-order valence-corrected chi connectivity index (χ0v) is 11.6. The highest BCUT2D eigenvalue weighted by Crippen LogP contribution is 2.42. The Bertz CT molecular complexity index is 390. The normalized spacial score (nSPS) is 28.4. The first kappa shape index (κ1) is 13.4. The third-order valence-corrected chi connectivity index (χ3v) is 3.85. The second-order valence-electron chi connectivity index (χ2n) is 5.88. The maximum Gasteiger partial charge on any atom is 0.125 e. The van der Waals surface area contributed by atoms with Crippen LogP contribution in [0.1, 0.15) is 52.0 Å². The molecule has 100 valence electrons. The molecule has 0 unspecified atom stereocenters. The fourth-order valence-corrected chi connectivity index (χ4v) is 2.72. The number of hydrogen-bond acceptors (Lipinski definition) is 2. The summed E-state index contributed by atoms with van der Waals surface area (Å²) in [7, 11) is 0. The molecule has 0 saturated heterocycles. The Balaban J connectivity index is 2.26. The Morgan fingerprint density at radius 1 is 1.22 bits per heavy atom. The van der Waals surface area contributed by atoms with Gasteiger partial charge in [0.1, 0.15) is 5.75 Å². The molecule has 0 aromatic heterocycles. The molecule has 1 aliphatic carbocycles. The Labute approximate surface area is 110 Å². The highest BCUT2D eigenvalue weighted by atomic mass is 16.5. The van der Waals surface area contributed by atoms with Crippen molar-refractivity contribution in [2.75, 3.05) is 0 Å². The Morgan fingerprint density at radius 2 is 1.83 bits per heavy atom.